The topological polar surface area (TPSA) is 29.1 Å². The smallest absolute Gasteiger partial charge is 0.235 e. The van der Waals surface area contributed by atoms with E-state index in [1.54, 1.807) is 13.0 Å². The molecule has 1 atom stereocenters. The number of benzene rings is 1. The lowest BCUT2D eigenvalue weighted by molar-refractivity contribution is -0.120. The van der Waals surface area contributed by atoms with Crippen LogP contribution in [-0.2, 0) is 11.2 Å². The first-order valence-electron chi connectivity index (χ1n) is 6.02. The van der Waals surface area contributed by atoms with Crippen molar-refractivity contribution in [2.24, 2.45) is 0 Å². The Balaban J connectivity index is 2.84. The van der Waals surface area contributed by atoms with E-state index >= 15 is 0 Å². The molecule has 0 saturated heterocycles. The third-order valence-electron chi connectivity index (χ3n) is 3.17. The quantitative estimate of drug-likeness (QED) is 0.819. The maximum Gasteiger partial charge on any atom is 0.235 e. The van der Waals surface area contributed by atoms with Crippen LogP contribution >= 0.6 is 11.6 Å². The number of hydrogen-bond acceptors (Lipinski definition) is 1. The van der Waals surface area contributed by atoms with Gasteiger partial charge in [0.1, 0.15) is 11.7 Å². The van der Waals surface area contributed by atoms with Crippen LogP contribution in [-0.4, -0.2) is 17.3 Å². The predicted molar refractivity (Wildman–Crippen MR) is 72.4 cm³/mol. The molecule has 18 heavy (non-hydrogen) atoms. The van der Waals surface area contributed by atoms with Crippen LogP contribution in [0.2, 0.25) is 0 Å². The average Bonchev–Trinajstić information content (AvgIpc) is 2.33. The SMILES string of the molecule is CCC(C)(Cc1ccc(C)c(F)c1)NC(=O)CCl. The van der Waals surface area contributed by atoms with Crippen LogP contribution in [0.15, 0.2) is 18.2 Å². The van der Waals surface area contributed by atoms with Gasteiger partial charge in [0, 0.05) is 5.54 Å². The van der Waals surface area contributed by atoms with Crippen LogP contribution in [0, 0.1) is 12.7 Å². The van der Waals surface area contributed by atoms with Crippen molar-refractivity contribution < 1.29 is 9.18 Å². The summed E-state index contributed by atoms with van der Waals surface area (Å²) in [5, 5.41) is 2.88. The maximum atomic E-state index is 13.5. The Morgan fingerprint density at radius 3 is 2.67 bits per heavy atom. The number of nitrogens with one attached hydrogen (secondary N) is 1. The van der Waals surface area contributed by atoms with E-state index < -0.39 is 5.54 Å². The molecule has 0 bridgehead atoms. The highest BCUT2D eigenvalue weighted by Crippen LogP contribution is 2.19. The van der Waals surface area contributed by atoms with E-state index in [1.807, 2.05) is 19.9 Å². The summed E-state index contributed by atoms with van der Waals surface area (Å²) >= 11 is 5.49. The number of amides is 1. The second-order valence-corrected chi connectivity index (χ2v) is 5.12. The Kier molecular flexibility index (Phi) is 5.15. The van der Waals surface area contributed by atoms with E-state index in [2.05, 4.69) is 5.32 Å². The van der Waals surface area contributed by atoms with Gasteiger partial charge in [-0.1, -0.05) is 19.1 Å². The molecular weight excluding hydrogens is 253 g/mol. The average molecular weight is 272 g/mol. The zero-order valence-electron chi connectivity index (χ0n) is 11.0. The van der Waals surface area contributed by atoms with Gasteiger partial charge in [-0.3, -0.25) is 4.79 Å². The standard InChI is InChI=1S/C14H19ClFNO/c1-4-14(3,17-13(18)9-15)8-11-6-5-10(2)12(16)7-11/h5-7H,4,8-9H2,1-3H3,(H,17,18). The summed E-state index contributed by atoms with van der Waals surface area (Å²) < 4.78 is 13.5. The summed E-state index contributed by atoms with van der Waals surface area (Å²) in [4.78, 5) is 11.4. The summed E-state index contributed by atoms with van der Waals surface area (Å²) in [7, 11) is 0. The van der Waals surface area contributed by atoms with Crippen molar-refractivity contribution in [2.45, 2.75) is 39.2 Å². The molecule has 0 fully saturated rings. The predicted octanol–water partition coefficient (Wildman–Crippen LogP) is 3.20. The van der Waals surface area contributed by atoms with E-state index in [-0.39, 0.29) is 17.6 Å². The van der Waals surface area contributed by atoms with Crippen LogP contribution in [0.5, 0.6) is 0 Å². The number of hydrogen-bond donors (Lipinski definition) is 1. The van der Waals surface area contributed by atoms with Gasteiger partial charge >= 0.3 is 0 Å². The molecule has 0 radical (unpaired) electrons. The molecule has 1 rings (SSSR count). The lowest BCUT2D eigenvalue weighted by atomic mass is 9.89. The third-order valence-corrected chi connectivity index (χ3v) is 3.42. The first-order valence-corrected chi connectivity index (χ1v) is 6.55. The minimum Gasteiger partial charge on any atom is -0.350 e. The Morgan fingerprint density at radius 2 is 2.17 bits per heavy atom. The highest BCUT2D eigenvalue weighted by molar-refractivity contribution is 6.27. The summed E-state index contributed by atoms with van der Waals surface area (Å²) in [5.74, 6) is -0.471. The molecule has 0 aliphatic rings. The lowest BCUT2D eigenvalue weighted by Crippen LogP contribution is -2.47. The Morgan fingerprint density at radius 1 is 1.50 bits per heavy atom. The first kappa shape index (κ1) is 15.0. The second-order valence-electron chi connectivity index (χ2n) is 4.86. The number of rotatable bonds is 5. The molecule has 1 N–H and O–H groups in total. The molecule has 0 aliphatic heterocycles. The van der Waals surface area contributed by atoms with Crippen LogP contribution in [0.4, 0.5) is 4.39 Å². The number of halogens is 2. The van der Waals surface area contributed by atoms with Gasteiger partial charge in [-0.05, 0) is 43.9 Å². The number of alkyl halides is 1. The summed E-state index contributed by atoms with van der Waals surface area (Å²) in [6, 6.07) is 5.17. The molecule has 100 valence electrons. The minimum absolute atomic E-state index is 0.0577. The highest BCUT2D eigenvalue weighted by atomic mass is 35.5. The Bertz CT molecular complexity index is 436. The molecule has 0 aliphatic carbocycles. The van der Waals surface area contributed by atoms with Gasteiger partial charge in [0.2, 0.25) is 5.91 Å². The van der Waals surface area contributed by atoms with Crippen molar-refractivity contribution in [3.05, 3.63) is 35.1 Å². The van der Waals surface area contributed by atoms with Gasteiger partial charge < -0.3 is 5.32 Å². The van der Waals surface area contributed by atoms with E-state index in [0.29, 0.717) is 12.0 Å². The molecule has 1 unspecified atom stereocenters. The van der Waals surface area contributed by atoms with Gasteiger partial charge in [0.15, 0.2) is 0 Å². The fourth-order valence-electron chi connectivity index (χ4n) is 1.82. The van der Waals surface area contributed by atoms with Gasteiger partial charge in [-0.25, -0.2) is 4.39 Å². The maximum absolute atomic E-state index is 13.5. The Labute approximate surface area is 113 Å². The first-order chi connectivity index (χ1) is 8.40. The van der Waals surface area contributed by atoms with Gasteiger partial charge in [-0.15, -0.1) is 11.6 Å². The third kappa shape index (κ3) is 3.98. The van der Waals surface area contributed by atoms with Crippen LogP contribution < -0.4 is 5.32 Å². The monoisotopic (exact) mass is 271 g/mol. The van der Waals surface area contributed by atoms with Crippen molar-refractivity contribution in [1.82, 2.24) is 5.32 Å². The summed E-state index contributed by atoms with van der Waals surface area (Å²) in [6.07, 6.45) is 1.34. The molecule has 1 aromatic carbocycles. The fourth-order valence-corrected chi connectivity index (χ4v) is 1.89. The number of carbonyl (C=O) groups is 1. The van der Waals surface area contributed by atoms with Gasteiger partial charge in [-0.2, -0.15) is 0 Å². The van der Waals surface area contributed by atoms with Gasteiger partial charge in [0.25, 0.3) is 0 Å². The fraction of sp³-hybridized carbons (Fsp3) is 0.500. The van der Waals surface area contributed by atoms with Crippen molar-refractivity contribution in [3.8, 4) is 0 Å². The van der Waals surface area contributed by atoms with Crippen LogP contribution in [0.3, 0.4) is 0 Å². The van der Waals surface area contributed by atoms with Crippen LogP contribution in [0.1, 0.15) is 31.4 Å². The number of aryl methyl sites for hydroxylation is 1. The zero-order valence-corrected chi connectivity index (χ0v) is 11.8. The normalized spacial score (nSPS) is 14.1. The van der Waals surface area contributed by atoms with Crippen molar-refractivity contribution in [2.75, 3.05) is 5.88 Å². The van der Waals surface area contributed by atoms with Crippen molar-refractivity contribution >= 4 is 17.5 Å². The molecule has 0 aromatic heterocycles. The Hall–Kier alpha value is -1.09. The molecular formula is C14H19ClFNO. The zero-order chi connectivity index (χ0) is 13.8. The van der Waals surface area contributed by atoms with Crippen LogP contribution in [0.25, 0.3) is 0 Å². The van der Waals surface area contributed by atoms with Gasteiger partial charge in [0.05, 0.1) is 0 Å². The highest BCUT2D eigenvalue weighted by Gasteiger charge is 2.24. The molecule has 4 heteroatoms. The summed E-state index contributed by atoms with van der Waals surface area (Å²) in [6.45, 7) is 5.65. The van der Waals surface area contributed by atoms with Crippen molar-refractivity contribution in [1.29, 1.82) is 0 Å². The molecule has 2 nitrogen and oxygen atoms in total. The minimum atomic E-state index is -0.395. The largest absolute Gasteiger partial charge is 0.350 e. The van der Waals surface area contributed by atoms with Crippen molar-refractivity contribution in [3.63, 3.8) is 0 Å². The van der Waals surface area contributed by atoms with E-state index in [0.717, 1.165) is 12.0 Å². The van der Waals surface area contributed by atoms with E-state index in [4.69, 9.17) is 11.6 Å². The molecule has 1 aromatic rings. The molecule has 0 heterocycles. The van der Waals surface area contributed by atoms with E-state index in [1.165, 1.54) is 6.07 Å². The number of carbonyl (C=O) groups excluding carboxylic acids is 1. The van der Waals surface area contributed by atoms with E-state index in [9.17, 15) is 9.18 Å². The second kappa shape index (κ2) is 6.19. The molecule has 0 saturated carbocycles. The lowest BCUT2D eigenvalue weighted by Gasteiger charge is -2.29. The molecule has 0 spiro atoms. The molecule has 1 amide bonds. The summed E-state index contributed by atoms with van der Waals surface area (Å²) in [5.41, 5.74) is 1.10.